The molecule has 0 N–H and O–H groups in total. The van der Waals surface area contributed by atoms with E-state index in [2.05, 4.69) is 13.8 Å². The van der Waals surface area contributed by atoms with Crippen LogP contribution >= 0.6 is 0 Å². The zero-order valence-corrected chi connectivity index (χ0v) is 10.8. The van der Waals surface area contributed by atoms with Crippen LogP contribution in [0.3, 0.4) is 0 Å². The van der Waals surface area contributed by atoms with Gasteiger partial charge in [0, 0.05) is 6.42 Å². The molecule has 2 nitrogen and oxygen atoms in total. The molecule has 16 heavy (non-hydrogen) atoms. The van der Waals surface area contributed by atoms with E-state index in [9.17, 15) is 9.59 Å². The fraction of sp³-hybridized carbons (Fsp3) is 0.857. The van der Waals surface area contributed by atoms with E-state index in [0.717, 1.165) is 32.1 Å². The van der Waals surface area contributed by atoms with Gasteiger partial charge in [-0.2, -0.15) is 0 Å². The molecule has 0 aliphatic heterocycles. The van der Waals surface area contributed by atoms with Crippen molar-refractivity contribution in [2.45, 2.75) is 71.6 Å². The molecule has 0 aliphatic carbocycles. The van der Waals surface area contributed by atoms with Crippen LogP contribution in [0.15, 0.2) is 0 Å². The first-order valence-corrected chi connectivity index (χ1v) is 6.66. The lowest BCUT2D eigenvalue weighted by molar-refractivity contribution is -0.121. The molecule has 0 heterocycles. The molecule has 0 amide bonds. The van der Waals surface area contributed by atoms with Crippen molar-refractivity contribution in [2.24, 2.45) is 5.92 Å². The van der Waals surface area contributed by atoms with E-state index >= 15 is 0 Å². The summed E-state index contributed by atoms with van der Waals surface area (Å²) >= 11 is 0. The Hall–Kier alpha value is -0.660. The smallest absolute Gasteiger partial charge is 0.209 e. The largest absolute Gasteiger partial charge is 0.299 e. The van der Waals surface area contributed by atoms with Crippen LogP contribution in [0.2, 0.25) is 0 Å². The van der Waals surface area contributed by atoms with Gasteiger partial charge in [0.2, 0.25) is 6.29 Å². The minimum Gasteiger partial charge on any atom is -0.299 e. The highest BCUT2D eigenvalue weighted by Crippen LogP contribution is 2.13. The first-order chi connectivity index (χ1) is 7.76. The zero-order valence-electron chi connectivity index (χ0n) is 10.8. The molecule has 1 radical (unpaired) electrons. The van der Waals surface area contributed by atoms with Crippen LogP contribution in [-0.4, -0.2) is 12.1 Å². The third kappa shape index (κ3) is 7.61. The SMILES string of the molecule is CCCCCCC([C]=O)C(=O)CCCCC. The Balaban J connectivity index is 3.70. The van der Waals surface area contributed by atoms with Crippen molar-refractivity contribution in [1.82, 2.24) is 0 Å². The molecule has 2 heteroatoms. The van der Waals surface area contributed by atoms with Gasteiger partial charge in [0.15, 0.2) is 0 Å². The monoisotopic (exact) mass is 225 g/mol. The lowest BCUT2D eigenvalue weighted by Crippen LogP contribution is -2.15. The van der Waals surface area contributed by atoms with E-state index in [0.29, 0.717) is 12.8 Å². The summed E-state index contributed by atoms with van der Waals surface area (Å²) in [5.41, 5.74) is 0. The average molecular weight is 225 g/mol. The van der Waals surface area contributed by atoms with E-state index in [1.54, 1.807) is 0 Å². The predicted molar refractivity (Wildman–Crippen MR) is 67.1 cm³/mol. The van der Waals surface area contributed by atoms with Gasteiger partial charge >= 0.3 is 0 Å². The maximum absolute atomic E-state index is 11.7. The minimum absolute atomic E-state index is 0.0972. The van der Waals surface area contributed by atoms with Crippen molar-refractivity contribution in [1.29, 1.82) is 0 Å². The van der Waals surface area contributed by atoms with Crippen molar-refractivity contribution in [3.63, 3.8) is 0 Å². The van der Waals surface area contributed by atoms with Gasteiger partial charge in [0.1, 0.15) is 5.78 Å². The Morgan fingerprint density at radius 3 is 2.19 bits per heavy atom. The normalized spacial score (nSPS) is 12.4. The second-order valence-corrected chi connectivity index (χ2v) is 4.44. The number of Topliss-reactive ketones (excluding diaryl/α,β-unsaturated/α-hetero) is 1. The second kappa shape index (κ2) is 10.8. The summed E-state index contributed by atoms with van der Waals surface area (Å²) in [5.74, 6) is -0.353. The molecule has 0 aromatic heterocycles. The number of unbranched alkanes of at least 4 members (excludes halogenated alkanes) is 5. The van der Waals surface area contributed by atoms with Crippen molar-refractivity contribution in [3.05, 3.63) is 0 Å². The van der Waals surface area contributed by atoms with Crippen LogP contribution in [0.25, 0.3) is 0 Å². The Kier molecular flexibility index (Phi) is 10.4. The fourth-order valence-electron chi connectivity index (χ4n) is 1.78. The lowest BCUT2D eigenvalue weighted by Gasteiger charge is -2.07. The van der Waals surface area contributed by atoms with Crippen LogP contribution in [0.4, 0.5) is 0 Å². The molecule has 0 aliphatic rings. The molecular weight excluding hydrogens is 200 g/mol. The summed E-state index contributed by atoms with van der Waals surface area (Å²) in [6.45, 7) is 4.26. The van der Waals surface area contributed by atoms with Crippen LogP contribution in [0.1, 0.15) is 71.6 Å². The molecule has 93 valence electrons. The number of hydrogen-bond acceptors (Lipinski definition) is 2. The highest BCUT2D eigenvalue weighted by molar-refractivity contribution is 5.93. The molecular formula is C14H25O2. The third-order valence-electron chi connectivity index (χ3n) is 2.90. The summed E-state index contributed by atoms with van der Waals surface area (Å²) in [7, 11) is 0. The van der Waals surface area contributed by atoms with Crippen LogP contribution in [0, 0.1) is 5.92 Å². The molecule has 0 rings (SSSR count). The number of hydrogen-bond donors (Lipinski definition) is 0. The molecule has 0 saturated heterocycles. The van der Waals surface area contributed by atoms with Crippen molar-refractivity contribution in [2.75, 3.05) is 0 Å². The Bertz CT molecular complexity index is 187. The lowest BCUT2D eigenvalue weighted by atomic mass is 9.94. The summed E-state index contributed by atoms with van der Waals surface area (Å²) in [6, 6.07) is 0. The molecule has 1 unspecified atom stereocenters. The molecule has 0 spiro atoms. The Labute approximate surface area is 99.8 Å². The zero-order chi connectivity index (χ0) is 12.2. The highest BCUT2D eigenvalue weighted by Gasteiger charge is 2.17. The highest BCUT2D eigenvalue weighted by atomic mass is 16.1. The number of rotatable bonds is 11. The van der Waals surface area contributed by atoms with E-state index in [1.165, 1.54) is 12.8 Å². The summed E-state index contributed by atoms with van der Waals surface area (Å²) in [4.78, 5) is 22.3. The summed E-state index contributed by atoms with van der Waals surface area (Å²) in [6.07, 6.45) is 10.7. The number of ketones is 1. The standard InChI is InChI=1S/C14H25O2/c1-3-5-7-9-10-13(12-15)14(16)11-8-6-4-2/h13H,3-11H2,1-2H3. The van der Waals surface area contributed by atoms with Gasteiger partial charge in [-0.15, -0.1) is 0 Å². The second-order valence-electron chi connectivity index (χ2n) is 4.44. The molecule has 0 bridgehead atoms. The number of carbonyl (C=O) groups is 1. The molecule has 0 fully saturated rings. The van der Waals surface area contributed by atoms with Crippen molar-refractivity contribution in [3.8, 4) is 0 Å². The van der Waals surface area contributed by atoms with Gasteiger partial charge in [-0.05, 0) is 12.8 Å². The van der Waals surface area contributed by atoms with Crippen LogP contribution in [0.5, 0.6) is 0 Å². The van der Waals surface area contributed by atoms with Crippen LogP contribution in [-0.2, 0) is 9.59 Å². The summed E-state index contributed by atoms with van der Waals surface area (Å²) in [5, 5.41) is 0. The van der Waals surface area contributed by atoms with Gasteiger partial charge in [-0.3, -0.25) is 9.59 Å². The first kappa shape index (κ1) is 15.3. The molecule has 0 saturated carbocycles. The van der Waals surface area contributed by atoms with Gasteiger partial charge in [0.25, 0.3) is 0 Å². The van der Waals surface area contributed by atoms with Gasteiger partial charge in [-0.1, -0.05) is 52.4 Å². The van der Waals surface area contributed by atoms with E-state index in [1.807, 2.05) is 6.29 Å². The van der Waals surface area contributed by atoms with Crippen molar-refractivity contribution < 1.29 is 9.59 Å². The quantitative estimate of drug-likeness (QED) is 0.395. The van der Waals surface area contributed by atoms with E-state index in [4.69, 9.17) is 0 Å². The van der Waals surface area contributed by atoms with Crippen LogP contribution < -0.4 is 0 Å². The maximum atomic E-state index is 11.7. The molecule has 0 aromatic carbocycles. The van der Waals surface area contributed by atoms with Gasteiger partial charge in [0.05, 0.1) is 5.92 Å². The van der Waals surface area contributed by atoms with Gasteiger partial charge < -0.3 is 0 Å². The van der Waals surface area contributed by atoms with Crippen molar-refractivity contribution >= 4 is 12.1 Å². The predicted octanol–water partition coefficient (Wildman–Crippen LogP) is 3.83. The Morgan fingerprint density at radius 2 is 1.62 bits per heavy atom. The van der Waals surface area contributed by atoms with E-state index < -0.39 is 5.92 Å². The number of carbonyl (C=O) groups excluding carboxylic acids is 2. The fourth-order valence-corrected chi connectivity index (χ4v) is 1.78. The third-order valence-corrected chi connectivity index (χ3v) is 2.90. The van der Waals surface area contributed by atoms with E-state index in [-0.39, 0.29) is 5.78 Å². The molecule has 1 atom stereocenters. The summed E-state index contributed by atoms with van der Waals surface area (Å²) < 4.78 is 0. The molecule has 0 aromatic rings. The maximum Gasteiger partial charge on any atom is 0.209 e. The van der Waals surface area contributed by atoms with Gasteiger partial charge in [-0.25, -0.2) is 0 Å². The topological polar surface area (TPSA) is 34.1 Å². The first-order valence-electron chi connectivity index (χ1n) is 6.66. The minimum atomic E-state index is -0.450. The Morgan fingerprint density at radius 1 is 1.00 bits per heavy atom. The average Bonchev–Trinajstić information content (AvgIpc) is 2.29.